The Kier molecular flexibility index (Phi) is 7.66. The number of benzene rings is 3. The third-order valence-corrected chi connectivity index (χ3v) is 7.69. The lowest BCUT2D eigenvalue weighted by Gasteiger charge is -2.20. The summed E-state index contributed by atoms with van der Waals surface area (Å²) in [6, 6.07) is 13.7. The van der Waals surface area contributed by atoms with Gasteiger partial charge in [0, 0.05) is 60.0 Å². The molecule has 222 valence electrons. The standard InChI is InChI=1S/C32H34N6O5/c1-18-8-9-20(30(40)35-21-10-11-26-23(13-21)32(3,4)16-38(26)19(2)39)12-24(18)36-31(41)37(5)29-22-14-27(42-6)28(43-7)15-25(22)33-17-34-29/h8-15,17H,16H2,1-7H3,(H,35,40)(H,36,41). The maximum atomic E-state index is 13.4. The Balaban J connectivity index is 1.36. The number of carbonyl (C=O) groups excluding carboxylic acids is 3. The first-order chi connectivity index (χ1) is 20.4. The molecule has 0 atom stereocenters. The fourth-order valence-electron chi connectivity index (χ4n) is 5.27. The highest BCUT2D eigenvalue weighted by atomic mass is 16.5. The van der Waals surface area contributed by atoms with Crippen molar-refractivity contribution in [3.05, 3.63) is 71.5 Å². The summed E-state index contributed by atoms with van der Waals surface area (Å²) in [6.45, 7) is 8.12. The summed E-state index contributed by atoms with van der Waals surface area (Å²) < 4.78 is 10.8. The molecule has 0 spiro atoms. The molecule has 11 heteroatoms. The SMILES string of the molecule is COc1cc2ncnc(N(C)C(=O)Nc3cc(C(=O)Nc4ccc5c(c4)C(C)(C)CN5C(C)=O)ccc3C)c2cc1OC. The van der Waals surface area contributed by atoms with Gasteiger partial charge < -0.3 is 25.0 Å². The Morgan fingerprint density at radius 1 is 0.953 bits per heavy atom. The molecular formula is C32H34N6O5. The van der Waals surface area contributed by atoms with E-state index in [1.165, 1.54) is 25.4 Å². The molecule has 11 nitrogen and oxygen atoms in total. The van der Waals surface area contributed by atoms with Crippen LogP contribution in [-0.4, -0.2) is 55.6 Å². The van der Waals surface area contributed by atoms with E-state index >= 15 is 0 Å². The van der Waals surface area contributed by atoms with Gasteiger partial charge in [-0.3, -0.25) is 14.5 Å². The predicted molar refractivity (Wildman–Crippen MR) is 167 cm³/mol. The summed E-state index contributed by atoms with van der Waals surface area (Å²) in [7, 11) is 4.67. The van der Waals surface area contributed by atoms with Gasteiger partial charge in [-0.1, -0.05) is 19.9 Å². The molecule has 5 rings (SSSR count). The number of nitrogens with one attached hydrogen (secondary N) is 2. The molecule has 0 bridgehead atoms. The zero-order valence-electron chi connectivity index (χ0n) is 25.2. The minimum absolute atomic E-state index is 0.0173. The van der Waals surface area contributed by atoms with E-state index in [9.17, 15) is 14.4 Å². The molecule has 0 radical (unpaired) electrons. The first-order valence-electron chi connectivity index (χ1n) is 13.7. The van der Waals surface area contributed by atoms with Crippen LogP contribution in [0.1, 0.15) is 42.3 Å². The van der Waals surface area contributed by atoms with Crippen LogP contribution in [0.4, 0.5) is 27.7 Å². The van der Waals surface area contributed by atoms with Crippen LogP contribution in [0, 0.1) is 6.92 Å². The summed E-state index contributed by atoms with van der Waals surface area (Å²) >= 11 is 0. The van der Waals surface area contributed by atoms with Gasteiger partial charge in [0.1, 0.15) is 12.1 Å². The number of hydrogen-bond donors (Lipinski definition) is 2. The first kappa shape index (κ1) is 29.3. The lowest BCUT2D eigenvalue weighted by Crippen LogP contribution is -2.32. The minimum atomic E-state index is -0.452. The van der Waals surface area contributed by atoms with Crippen molar-refractivity contribution in [2.45, 2.75) is 33.1 Å². The average Bonchev–Trinajstić information content (AvgIpc) is 3.26. The number of fused-ring (bicyclic) bond motifs is 2. The second-order valence-electron chi connectivity index (χ2n) is 11.1. The van der Waals surface area contributed by atoms with Crippen LogP contribution in [0.25, 0.3) is 10.9 Å². The lowest BCUT2D eigenvalue weighted by atomic mass is 9.87. The maximum Gasteiger partial charge on any atom is 0.327 e. The molecule has 4 aromatic rings. The van der Waals surface area contributed by atoms with E-state index in [0.717, 1.165) is 16.8 Å². The highest BCUT2D eigenvalue weighted by molar-refractivity contribution is 6.08. The molecule has 0 saturated carbocycles. The molecule has 0 fully saturated rings. The largest absolute Gasteiger partial charge is 0.493 e. The van der Waals surface area contributed by atoms with Crippen molar-refractivity contribution in [3.63, 3.8) is 0 Å². The van der Waals surface area contributed by atoms with E-state index in [0.29, 0.717) is 51.7 Å². The van der Waals surface area contributed by atoms with Gasteiger partial charge >= 0.3 is 6.03 Å². The van der Waals surface area contributed by atoms with Crippen LogP contribution in [0.3, 0.4) is 0 Å². The summed E-state index contributed by atoms with van der Waals surface area (Å²) in [4.78, 5) is 50.5. The van der Waals surface area contributed by atoms with E-state index in [2.05, 4.69) is 34.4 Å². The van der Waals surface area contributed by atoms with Crippen molar-refractivity contribution >= 4 is 51.6 Å². The Morgan fingerprint density at radius 3 is 2.37 bits per heavy atom. The Morgan fingerprint density at radius 2 is 1.67 bits per heavy atom. The highest BCUT2D eigenvalue weighted by Crippen LogP contribution is 2.42. The molecule has 4 amide bonds. The number of methoxy groups -OCH3 is 2. The number of aryl methyl sites for hydroxylation is 1. The Hall–Kier alpha value is -5.19. The number of hydrogen-bond acceptors (Lipinski definition) is 7. The van der Waals surface area contributed by atoms with Crippen molar-refractivity contribution in [1.29, 1.82) is 0 Å². The molecule has 0 unspecified atom stereocenters. The molecule has 1 aliphatic heterocycles. The predicted octanol–water partition coefficient (Wildman–Crippen LogP) is 5.52. The molecule has 2 N–H and O–H groups in total. The van der Waals surface area contributed by atoms with Crippen molar-refractivity contribution in [3.8, 4) is 11.5 Å². The quantitative estimate of drug-likeness (QED) is 0.307. The number of urea groups is 1. The number of anilines is 4. The summed E-state index contributed by atoms with van der Waals surface area (Å²) in [5.41, 5.74) is 4.44. The zero-order chi connectivity index (χ0) is 31.1. The second kappa shape index (κ2) is 11.2. The molecule has 1 aromatic heterocycles. The van der Waals surface area contributed by atoms with E-state index in [4.69, 9.17) is 9.47 Å². The van der Waals surface area contributed by atoms with Crippen molar-refractivity contribution in [2.24, 2.45) is 0 Å². The number of nitrogens with zero attached hydrogens (tertiary/aromatic N) is 4. The summed E-state index contributed by atoms with van der Waals surface area (Å²) in [5.74, 6) is 1.02. The number of ether oxygens (including phenoxy) is 2. The van der Waals surface area contributed by atoms with Gasteiger partial charge in [0.25, 0.3) is 5.91 Å². The second-order valence-corrected chi connectivity index (χ2v) is 11.1. The topological polar surface area (TPSA) is 126 Å². The van der Waals surface area contributed by atoms with Crippen LogP contribution in [-0.2, 0) is 10.2 Å². The third-order valence-electron chi connectivity index (χ3n) is 7.69. The molecular weight excluding hydrogens is 548 g/mol. The monoisotopic (exact) mass is 582 g/mol. The summed E-state index contributed by atoms with van der Waals surface area (Å²) in [5, 5.41) is 6.45. The minimum Gasteiger partial charge on any atom is -0.493 e. The summed E-state index contributed by atoms with van der Waals surface area (Å²) in [6.07, 6.45) is 1.38. The Bertz CT molecular complexity index is 1770. The van der Waals surface area contributed by atoms with Gasteiger partial charge in [-0.15, -0.1) is 0 Å². The molecule has 3 aromatic carbocycles. The van der Waals surface area contributed by atoms with Crippen LogP contribution in [0.5, 0.6) is 11.5 Å². The smallest absolute Gasteiger partial charge is 0.327 e. The van der Waals surface area contributed by atoms with Crippen LogP contribution in [0.15, 0.2) is 54.9 Å². The lowest BCUT2D eigenvalue weighted by molar-refractivity contribution is -0.116. The number of amides is 4. The molecule has 1 aliphatic rings. The number of rotatable bonds is 6. The fourth-order valence-corrected chi connectivity index (χ4v) is 5.27. The molecule has 0 aliphatic carbocycles. The van der Waals surface area contributed by atoms with E-state index in [1.54, 1.807) is 55.3 Å². The average molecular weight is 583 g/mol. The molecule has 0 saturated heterocycles. The van der Waals surface area contributed by atoms with Crippen molar-refractivity contribution in [2.75, 3.05) is 48.2 Å². The van der Waals surface area contributed by atoms with Crippen molar-refractivity contribution < 1.29 is 23.9 Å². The first-order valence-corrected chi connectivity index (χ1v) is 13.7. The maximum absolute atomic E-state index is 13.4. The number of aromatic nitrogens is 2. The normalized spacial score (nSPS) is 13.3. The highest BCUT2D eigenvalue weighted by Gasteiger charge is 2.37. The fraction of sp³-hybridized carbons (Fsp3) is 0.281. The van der Waals surface area contributed by atoms with Gasteiger partial charge in [0.05, 0.1) is 19.7 Å². The van der Waals surface area contributed by atoms with Gasteiger partial charge in [0.15, 0.2) is 11.5 Å². The van der Waals surface area contributed by atoms with E-state index in [-0.39, 0.29) is 17.2 Å². The van der Waals surface area contributed by atoms with Gasteiger partial charge in [0.2, 0.25) is 5.91 Å². The Labute approximate surface area is 249 Å². The van der Waals surface area contributed by atoms with Crippen LogP contribution < -0.4 is 29.9 Å². The van der Waals surface area contributed by atoms with Crippen molar-refractivity contribution in [1.82, 2.24) is 9.97 Å². The third kappa shape index (κ3) is 5.53. The van der Waals surface area contributed by atoms with Crippen LogP contribution >= 0.6 is 0 Å². The van der Waals surface area contributed by atoms with Crippen LogP contribution in [0.2, 0.25) is 0 Å². The zero-order valence-corrected chi connectivity index (χ0v) is 25.2. The van der Waals surface area contributed by atoms with Gasteiger partial charge in [-0.25, -0.2) is 14.8 Å². The number of carbonyl (C=O) groups is 3. The van der Waals surface area contributed by atoms with Gasteiger partial charge in [-0.2, -0.15) is 0 Å². The van der Waals surface area contributed by atoms with E-state index < -0.39 is 6.03 Å². The molecule has 2 heterocycles. The molecule has 43 heavy (non-hydrogen) atoms. The van der Waals surface area contributed by atoms with Gasteiger partial charge in [-0.05, 0) is 54.4 Å². The van der Waals surface area contributed by atoms with E-state index in [1.807, 2.05) is 19.1 Å².